The van der Waals surface area contributed by atoms with Gasteiger partial charge < -0.3 is 8.98 Å². The average molecular weight is 747 g/mol. The van der Waals surface area contributed by atoms with Gasteiger partial charge in [-0.15, -0.1) is 11.3 Å². The number of benzene rings is 8. The first-order valence-electron chi connectivity index (χ1n) is 19.0. The molecule has 4 heterocycles. The Hall–Kier alpha value is -7.41. The van der Waals surface area contributed by atoms with Crippen molar-refractivity contribution in [3.63, 3.8) is 0 Å². The molecule has 5 nitrogen and oxygen atoms in total. The van der Waals surface area contributed by atoms with Gasteiger partial charge in [0.15, 0.2) is 17.5 Å². The van der Waals surface area contributed by atoms with Crippen LogP contribution in [0.25, 0.3) is 115 Å². The second-order valence-electron chi connectivity index (χ2n) is 14.4. The standard InChI is InChI=1S/C51H30N4OS/c1-2-12-31(13-3-1)32-24-26-43-40(29-32)36-16-4-7-20-42(36)55(43)35-15-10-14-33(28-35)49-52-50(34-25-27-45-41(30-34)37-17-5-8-21-44(37)56-45)54-51(53-49)39-19-11-23-47-48(39)38-18-6-9-22-46(38)57-47/h1-30H. The molecule has 0 saturated carbocycles. The van der Waals surface area contributed by atoms with Gasteiger partial charge in [-0.1, -0.05) is 115 Å². The number of hydrogen-bond acceptors (Lipinski definition) is 5. The minimum Gasteiger partial charge on any atom is -0.456 e. The molecule has 0 saturated heterocycles. The summed E-state index contributed by atoms with van der Waals surface area (Å²) in [5.41, 5.74) is 10.2. The highest BCUT2D eigenvalue weighted by Crippen LogP contribution is 2.41. The summed E-state index contributed by atoms with van der Waals surface area (Å²) in [6, 6.07) is 63.9. The largest absolute Gasteiger partial charge is 0.456 e. The van der Waals surface area contributed by atoms with Crippen molar-refractivity contribution in [3.8, 4) is 51.0 Å². The maximum Gasteiger partial charge on any atom is 0.164 e. The van der Waals surface area contributed by atoms with Gasteiger partial charge in [-0.05, 0) is 77.9 Å². The molecule has 12 aromatic rings. The Morgan fingerprint density at radius 3 is 1.91 bits per heavy atom. The third-order valence-corrected chi connectivity index (χ3v) is 12.2. The molecule has 0 radical (unpaired) electrons. The number of aromatic nitrogens is 4. The van der Waals surface area contributed by atoms with Gasteiger partial charge in [-0.3, -0.25) is 0 Å². The van der Waals surface area contributed by atoms with Crippen molar-refractivity contribution in [1.82, 2.24) is 19.5 Å². The molecule has 0 aliphatic carbocycles. The van der Waals surface area contributed by atoms with Gasteiger partial charge in [0.2, 0.25) is 0 Å². The van der Waals surface area contributed by atoms with E-state index in [1.165, 1.54) is 36.7 Å². The fourth-order valence-electron chi connectivity index (χ4n) is 8.43. The lowest BCUT2D eigenvalue weighted by molar-refractivity contribution is 0.669. The summed E-state index contributed by atoms with van der Waals surface area (Å²) in [4.78, 5) is 15.8. The highest BCUT2D eigenvalue weighted by atomic mass is 32.1. The first-order valence-corrected chi connectivity index (χ1v) is 19.8. The molecule has 0 amide bonds. The van der Waals surface area contributed by atoms with E-state index in [0.717, 1.165) is 60.7 Å². The van der Waals surface area contributed by atoms with Crippen LogP contribution in [0.15, 0.2) is 186 Å². The summed E-state index contributed by atoms with van der Waals surface area (Å²) in [6.07, 6.45) is 0. The fraction of sp³-hybridized carbons (Fsp3) is 0. The van der Waals surface area contributed by atoms with Crippen LogP contribution in [0.2, 0.25) is 0 Å². The molecule has 6 heteroatoms. The van der Waals surface area contributed by atoms with E-state index >= 15 is 0 Å². The molecule has 0 aliphatic rings. The Bertz CT molecular complexity index is 3540. The van der Waals surface area contributed by atoms with Crippen LogP contribution < -0.4 is 0 Å². The van der Waals surface area contributed by atoms with Crippen molar-refractivity contribution in [3.05, 3.63) is 182 Å². The molecule has 4 aromatic heterocycles. The number of para-hydroxylation sites is 2. The Balaban J connectivity index is 1.07. The first kappa shape index (κ1) is 31.9. The molecule has 0 unspecified atom stereocenters. The van der Waals surface area contributed by atoms with Gasteiger partial charge >= 0.3 is 0 Å². The number of nitrogens with zero attached hydrogens (tertiary/aromatic N) is 4. The SMILES string of the molecule is c1ccc(-c2ccc3c(c2)c2ccccc2n3-c2cccc(-c3nc(-c4ccc5oc6ccccc6c5c4)nc(-c4cccc5sc6ccccc6c45)n3)c2)cc1. The molecule has 12 rings (SSSR count). The third-order valence-electron chi connectivity index (χ3n) is 11.1. The first-order chi connectivity index (χ1) is 28.2. The normalized spacial score (nSPS) is 11.9. The maximum absolute atomic E-state index is 6.19. The molecular formula is C51H30N4OS. The quantitative estimate of drug-likeness (QED) is 0.176. The molecule has 0 bridgehead atoms. The number of thiophene rings is 1. The summed E-state index contributed by atoms with van der Waals surface area (Å²) >= 11 is 1.79. The van der Waals surface area contributed by atoms with Crippen LogP contribution in [0.1, 0.15) is 0 Å². The predicted octanol–water partition coefficient (Wildman–Crippen LogP) is 13.9. The second-order valence-corrected chi connectivity index (χ2v) is 15.5. The van der Waals surface area contributed by atoms with Crippen molar-refractivity contribution in [2.24, 2.45) is 0 Å². The van der Waals surface area contributed by atoms with Crippen LogP contribution in [0.5, 0.6) is 0 Å². The number of hydrogen-bond donors (Lipinski definition) is 0. The van der Waals surface area contributed by atoms with E-state index in [0.29, 0.717) is 17.5 Å². The van der Waals surface area contributed by atoms with E-state index in [2.05, 4.69) is 156 Å². The van der Waals surface area contributed by atoms with Crippen LogP contribution in [0.4, 0.5) is 0 Å². The topological polar surface area (TPSA) is 56.7 Å². The van der Waals surface area contributed by atoms with Crippen molar-refractivity contribution in [2.45, 2.75) is 0 Å². The van der Waals surface area contributed by atoms with Crippen LogP contribution in [-0.4, -0.2) is 19.5 Å². The van der Waals surface area contributed by atoms with E-state index in [-0.39, 0.29) is 0 Å². The monoisotopic (exact) mass is 746 g/mol. The van der Waals surface area contributed by atoms with Gasteiger partial charge in [-0.25, -0.2) is 15.0 Å². The van der Waals surface area contributed by atoms with Crippen molar-refractivity contribution in [2.75, 3.05) is 0 Å². The van der Waals surface area contributed by atoms with Gasteiger partial charge in [0.1, 0.15) is 11.2 Å². The molecule has 0 spiro atoms. The Labute approximate surface area is 330 Å². The minimum absolute atomic E-state index is 0.606. The number of fused-ring (bicyclic) bond motifs is 9. The summed E-state index contributed by atoms with van der Waals surface area (Å²) in [7, 11) is 0. The average Bonchev–Trinajstić information content (AvgIpc) is 3.96. The van der Waals surface area contributed by atoms with Crippen LogP contribution in [0, 0.1) is 0 Å². The molecular weight excluding hydrogens is 717 g/mol. The van der Waals surface area contributed by atoms with Gasteiger partial charge in [0.05, 0.1) is 11.0 Å². The lowest BCUT2D eigenvalue weighted by Gasteiger charge is -2.12. The zero-order chi connectivity index (χ0) is 37.5. The van der Waals surface area contributed by atoms with Crippen molar-refractivity contribution < 1.29 is 4.42 Å². The van der Waals surface area contributed by atoms with Gasteiger partial charge in [-0.2, -0.15) is 0 Å². The molecule has 0 N–H and O–H groups in total. The fourth-order valence-corrected chi connectivity index (χ4v) is 9.56. The number of furan rings is 1. The summed E-state index contributed by atoms with van der Waals surface area (Å²) in [6.45, 7) is 0. The van der Waals surface area contributed by atoms with Crippen molar-refractivity contribution >= 4 is 75.3 Å². The van der Waals surface area contributed by atoms with Gasteiger partial charge in [0.25, 0.3) is 0 Å². The van der Waals surface area contributed by atoms with Crippen molar-refractivity contribution in [1.29, 1.82) is 0 Å². The van der Waals surface area contributed by atoms with E-state index in [4.69, 9.17) is 19.4 Å². The lowest BCUT2D eigenvalue weighted by Crippen LogP contribution is -2.01. The van der Waals surface area contributed by atoms with E-state index < -0.39 is 0 Å². The summed E-state index contributed by atoms with van der Waals surface area (Å²) < 4.78 is 11.0. The Morgan fingerprint density at radius 2 is 1.02 bits per heavy atom. The third kappa shape index (κ3) is 5.12. The Morgan fingerprint density at radius 1 is 0.386 bits per heavy atom. The molecule has 8 aromatic carbocycles. The summed E-state index contributed by atoms with van der Waals surface area (Å²) in [5.74, 6) is 1.85. The smallest absolute Gasteiger partial charge is 0.164 e. The zero-order valence-electron chi connectivity index (χ0n) is 30.4. The molecule has 0 aliphatic heterocycles. The zero-order valence-corrected chi connectivity index (χ0v) is 31.2. The minimum atomic E-state index is 0.606. The molecule has 57 heavy (non-hydrogen) atoms. The second kappa shape index (κ2) is 12.6. The predicted molar refractivity (Wildman–Crippen MR) is 236 cm³/mol. The van der Waals surface area contributed by atoms with Crippen LogP contribution in [-0.2, 0) is 0 Å². The van der Waals surface area contributed by atoms with Gasteiger partial charge in [0, 0.05) is 64.1 Å². The Kier molecular flexibility index (Phi) is 7.03. The maximum atomic E-state index is 6.19. The molecule has 0 fully saturated rings. The molecule has 0 atom stereocenters. The van der Waals surface area contributed by atoms with E-state index in [9.17, 15) is 0 Å². The number of rotatable bonds is 5. The highest BCUT2D eigenvalue weighted by molar-refractivity contribution is 7.25. The summed E-state index contributed by atoms with van der Waals surface area (Å²) in [5, 5.41) is 6.87. The highest BCUT2D eigenvalue weighted by Gasteiger charge is 2.19. The van der Waals surface area contributed by atoms with E-state index in [1.807, 2.05) is 30.3 Å². The van der Waals surface area contributed by atoms with E-state index in [1.54, 1.807) is 11.3 Å². The van der Waals surface area contributed by atoms with Crippen LogP contribution >= 0.6 is 11.3 Å². The lowest BCUT2D eigenvalue weighted by atomic mass is 10.0. The molecule has 266 valence electrons. The van der Waals surface area contributed by atoms with Crippen LogP contribution in [0.3, 0.4) is 0 Å².